The van der Waals surface area contributed by atoms with Crippen molar-refractivity contribution in [1.29, 1.82) is 0 Å². The summed E-state index contributed by atoms with van der Waals surface area (Å²) < 4.78 is 6.85. The highest BCUT2D eigenvalue weighted by atomic mass is 35.5. The first kappa shape index (κ1) is 17.5. The summed E-state index contributed by atoms with van der Waals surface area (Å²) in [5.41, 5.74) is 3.15. The highest BCUT2D eigenvalue weighted by Gasteiger charge is 2.33. The van der Waals surface area contributed by atoms with Crippen LogP contribution in [0, 0.1) is 13.8 Å². The van der Waals surface area contributed by atoms with Crippen molar-refractivity contribution in [3.8, 4) is 5.69 Å². The van der Waals surface area contributed by atoms with Gasteiger partial charge in [0.05, 0.1) is 22.4 Å². The molecule has 140 valence electrons. The van der Waals surface area contributed by atoms with Crippen molar-refractivity contribution in [3.63, 3.8) is 0 Å². The second-order valence-electron chi connectivity index (χ2n) is 6.53. The molecule has 1 atom stereocenters. The average Bonchev–Trinajstić information content (AvgIpc) is 3.36. The number of hydrogen-bond donors (Lipinski definition) is 1. The highest BCUT2D eigenvalue weighted by Crippen LogP contribution is 2.36. The number of aromatic nitrogens is 4. The van der Waals surface area contributed by atoms with E-state index < -0.39 is 0 Å². The number of aryl methyl sites for hydroxylation is 2. The number of urea groups is 1. The van der Waals surface area contributed by atoms with E-state index in [1.807, 2.05) is 18.7 Å². The standard InChI is InChI=1S/C18H19ClN6O2/c1-11-17(12(2)27-23-11)16-4-3-7-24(16)18(26)22-13-5-6-15(14(19)8-13)25-10-20-9-21-25/h5-6,8-10,16H,3-4,7H2,1-2H3,(H,22,26)/t16-/m1/s1. The van der Waals surface area contributed by atoms with E-state index in [2.05, 4.69) is 20.6 Å². The Labute approximate surface area is 161 Å². The van der Waals surface area contributed by atoms with Crippen LogP contribution in [0.25, 0.3) is 5.69 Å². The number of hydrogen-bond acceptors (Lipinski definition) is 5. The zero-order valence-corrected chi connectivity index (χ0v) is 15.8. The van der Waals surface area contributed by atoms with Crippen molar-refractivity contribution in [3.05, 3.63) is 52.9 Å². The van der Waals surface area contributed by atoms with E-state index in [1.54, 1.807) is 29.2 Å². The number of amides is 2. The Morgan fingerprint density at radius 2 is 2.22 bits per heavy atom. The fourth-order valence-electron chi connectivity index (χ4n) is 3.57. The minimum absolute atomic E-state index is 0.0267. The molecule has 8 nitrogen and oxygen atoms in total. The summed E-state index contributed by atoms with van der Waals surface area (Å²) >= 11 is 6.34. The van der Waals surface area contributed by atoms with Gasteiger partial charge >= 0.3 is 6.03 Å². The molecule has 1 aromatic carbocycles. The minimum atomic E-state index is -0.165. The molecule has 4 rings (SSSR count). The van der Waals surface area contributed by atoms with Crippen LogP contribution >= 0.6 is 11.6 Å². The fraction of sp³-hybridized carbons (Fsp3) is 0.333. The lowest BCUT2D eigenvalue weighted by Gasteiger charge is -2.25. The normalized spacial score (nSPS) is 16.7. The van der Waals surface area contributed by atoms with Crippen LogP contribution in [0.1, 0.15) is 35.9 Å². The molecule has 1 aliphatic heterocycles. The summed E-state index contributed by atoms with van der Waals surface area (Å²) in [6.45, 7) is 4.47. The van der Waals surface area contributed by atoms with Crippen LogP contribution in [0.4, 0.5) is 10.5 Å². The molecule has 0 spiro atoms. The molecule has 1 saturated heterocycles. The third-order valence-electron chi connectivity index (χ3n) is 4.80. The number of halogens is 1. The van der Waals surface area contributed by atoms with Crippen LogP contribution in [0.3, 0.4) is 0 Å². The van der Waals surface area contributed by atoms with E-state index in [0.717, 1.165) is 29.9 Å². The quantitative estimate of drug-likeness (QED) is 0.737. The van der Waals surface area contributed by atoms with Gasteiger partial charge in [-0.1, -0.05) is 16.8 Å². The van der Waals surface area contributed by atoms with E-state index in [1.165, 1.54) is 6.33 Å². The van der Waals surface area contributed by atoms with Gasteiger partial charge in [-0.25, -0.2) is 14.5 Å². The lowest BCUT2D eigenvalue weighted by atomic mass is 10.0. The number of benzene rings is 1. The summed E-state index contributed by atoms with van der Waals surface area (Å²) in [5, 5.41) is 11.5. The molecule has 1 fully saturated rings. The van der Waals surface area contributed by atoms with Gasteiger partial charge in [0.15, 0.2) is 0 Å². The molecule has 0 radical (unpaired) electrons. The number of rotatable bonds is 3. The van der Waals surface area contributed by atoms with Crippen LogP contribution in [-0.2, 0) is 0 Å². The van der Waals surface area contributed by atoms with Crippen molar-refractivity contribution in [2.75, 3.05) is 11.9 Å². The molecule has 3 aromatic rings. The lowest BCUT2D eigenvalue weighted by molar-refractivity contribution is 0.206. The minimum Gasteiger partial charge on any atom is -0.361 e. The third kappa shape index (κ3) is 3.28. The van der Waals surface area contributed by atoms with Crippen LogP contribution in [-0.4, -0.2) is 37.4 Å². The van der Waals surface area contributed by atoms with Crippen molar-refractivity contribution < 1.29 is 9.32 Å². The van der Waals surface area contributed by atoms with E-state index in [-0.39, 0.29) is 12.1 Å². The number of nitrogens with one attached hydrogen (secondary N) is 1. The Morgan fingerprint density at radius 3 is 2.89 bits per heavy atom. The molecule has 0 aliphatic carbocycles. The van der Waals surface area contributed by atoms with Crippen LogP contribution in [0.2, 0.25) is 5.02 Å². The van der Waals surface area contributed by atoms with Gasteiger partial charge < -0.3 is 14.7 Å². The first-order valence-corrected chi connectivity index (χ1v) is 9.07. The van der Waals surface area contributed by atoms with Gasteiger partial charge in [0.2, 0.25) is 0 Å². The largest absolute Gasteiger partial charge is 0.361 e. The third-order valence-corrected chi connectivity index (χ3v) is 5.10. The Kier molecular flexibility index (Phi) is 4.57. The Morgan fingerprint density at radius 1 is 1.37 bits per heavy atom. The zero-order chi connectivity index (χ0) is 19.0. The number of nitrogens with zero attached hydrogens (tertiary/aromatic N) is 5. The van der Waals surface area contributed by atoms with E-state index >= 15 is 0 Å². The molecule has 0 bridgehead atoms. The van der Waals surface area contributed by atoms with Crippen LogP contribution in [0.5, 0.6) is 0 Å². The molecule has 2 aromatic heterocycles. The molecule has 27 heavy (non-hydrogen) atoms. The average molecular weight is 387 g/mol. The van der Waals surface area contributed by atoms with E-state index in [0.29, 0.717) is 22.9 Å². The van der Waals surface area contributed by atoms with Crippen molar-refractivity contribution in [2.45, 2.75) is 32.7 Å². The second kappa shape index (κ2) is 7.03. The summed E-state index contributed by atoms with van der Waals surface area (Å²) in [6, 6.07) is 5.10. The van der Waals surface area contributed by atoms with Crippen molar-refractivity contribution in [2.24, 2.45) is 0 Å². The first-order chi connectivity index (χ1) is 13.0. The monoisotopic (exact) mass is 386 g/mol. The molecule has 1 N–H and O–H groups in total. The Bertz CT molecular complexity index is 949. The summed E-state index contributed by atoms with van der Waals surface area (Å²) in [6.07, 6.45) is 4.84. The smallest absolute Gasteiger partial charge is 0.322 e. The van der Waals surface area contributed by atoms with Gasteiger partial charge in [0, 0.05) is 17.8 Å². The maximum atomic E-state index is 12.9. The molecule has 3 heterocycles. The van der Waals surface area contributed by atoms with Gasteiger partial charge in [-0.15, -0.1) is 0 Å². The fourth-order valence-corrected chi connectivity index (χ4v) is 3.84. The van der Waals surface area contributed by atoms with Crippen molar-refractivity contribution >= 4 is 23.3 Å². The maximum Gasteiger partial charge on any atom is 0.322 e. The van der Waals surface area contributed by atoms with Gasteiger partial charge in [-0.3, -0.25) is 0 Å². The molecular formula is C18H19ClN6O2. The molecule has 0 saturated carbocycles. The van der Waals surface area contributed by atoms with Gasteiger partial charge in [-0.2, -0.15) is 5.10 Å². The summed E-state index contributed by atoms with van der Waals surface area (Å²) in [7, 11) is 0. The van der Waals surface area contributed by atoms with Gasteiger partial charge in [-0.05, 0) is 44.9 Å². The van der Waals surface area contributed by atoms with Gasteiger partial charge in [0.25, 0.3) is 0 Å². The lowest BCUT2D eigenvalue weighted by Crippen LogP contribution is -2.34. The SMILES string of the molecule is Cc1noc(C)c1[C@H]1CCCN1C(=O)Nc1ccc(-n2cncn2)c(Cl)c1. The zero-order valence-electron chi connectivity index (χ0n) is 15.0. The van der Waals surface area contributed by atoms with E-state index in [9.17, 15) is 4.79 Å². The molecule has 1 aliphatic rings. The first-order valence-electron chi connectivity index (χ1n) is 8.69. The summed E-state index contributed by atoms with van der Waals surface area (Å²) in [4.78, 5) is 18.6. The topological polar surface area (TPSA) is 89.1 Å². The maximum absolute atomic E-state index is 12.9. The van der Waals surface area contributed by atoms with Gasteiger partial charge in [0.1, 0.15) is 18.4 Å². The predicted molar refractivity (Wildman–Crippen MR) is 100 cm³/mol. The molecule has 9 heteroatoms. The molecule has 0 unspecified atom stereocenters. The number of carbonyl (C=O) groups excluding carboxylic acids is 1. The molecular weight excluding hydrogens is 368 g/mol. The van der Waals surface area contributed by atoms with Crippen LogP contribution in [0.15, 0.2) is 35.4 Å². The number of likely N-dealkylation sites (tertiary alicyclic amines) is 1. The molecule has 2 amide bonds. The van der Waals surface area contributed by atoms with E-state index in [4.69, 9.17) is 16.1 Å². The summed E-state index contributed by atoms with van der Waals surface area (Å²) in [5.74, 6) is 0.762. The second-order valence-corrected chi connectivity index (χ2v) is 6.93. The number of carbonyl (C=O) groups is 1. The Hall–Kier alpha value is -2.87. The van der Waals surface area contributed by atoms with Crippen LogP contribution < -0.4 is 5.32 Å². The predicted octanol–water partition coefficient (Wildman–Crippen LogP) is 3.89. The Balaban J connectivity index is 1.53. The highest BCUT2D eigenvalue weighted by molar-refractivity contribution is 6.32. The number of anilines is 1. The van der Waals surface area contributed by atoms with Crippen molar-refractivity contribution in [1.82, 2.24) is 24.8 Å².